The Morgan fingerprint density at radius 3 is 2.45 bits per heavy atom. The summed E-state index contributed by atoms with van der Waals surface area (Å²) in [6, 6.07) is 6.59. The minimum Gasteiger partial charge on any atom is -0.355 e. The van der Waals surface area contributed by atoms with E-state index >= 15 is 0 Å². The highest BCUT2D eigenvalue weighted by atomic mass is 32.2. The number of nitrogens with one attached hydrogen (secondary N) is 1. The van der Waals surface area contributed by atoms with Crippen LogP contribution >= 0.6 is 11.8 Å². The van der Waals surface area contributed by atoms with Crippen LogP contribution in [0.1, 0.15) is 56.2 Å². The number of thioether (sulfide) groups is 1. The molecule has 0 aliphatic heterocycles. The molecular formula is C19H31NOS. The molecule has 0 aliphatic rings. The average Bonchev–Trinajstić information content (AvgIpc) is 2.46. The van der Waals surface area contributed by atoms with Crippen molar-refractivity contribution in [1.82, 2.24) is 5.32 Å². The van der Waals surface area contributed by atoms with Crippen LogP contribution in [0.2, 0.25) is 0 Å². The smallest absolute Gasteiger partial charge is 0.230 e. The number of benzene rings is 1. The quantitative estimate of drug-likeness (QED) is 0.666. The van der Waals surface area contributed by atoms with Crippen molar-refractivity contribution in [1.29, 1.82) is 0 Å². The summed E-state index contributed by atoms with van der Waals surface area (Å²) in [5, 5.41) is 3.09. The van der Waals surface area contributed by atoms with Gasteiger partial charge in [0, 0.05) is 12.3 Å². The van der Waals surface area contributed by atoms with Crippen molar-refractivity contribution in [2.24, 2.45) is 5.92 Å². The van der Waals surface area contributed by atoms with Gasteiger partial charge in [0.15, 0.2) is 0 Å². The summed E-state index contributed by atoms with van der Waals surface area (Å²) >= 11 is 1.70. The normalized spacial score (nSPS) is 12.2. The van der Waals surface area contributed by atoms with Crippen molar-refractivity contribution in [3.05, 3.63) is 34.9 Å². The van der Waals surface area contributed by atoms with E-state index in [2.05, 4.69) is 51.2 Å². The average molecular weight is 322 g/mol. The third-order valence-electron chi connectivity index (χ3n) is 3.91. The maximum Gasteiger partial charge on any atom is 0.230 e. The van der Waals surface area contributed by atoms with Crippen LogP contribution in [-0.4, -0.2) is 18.2 Å². The second kappa shape index (κ2) is 10.7. The molecule has 0 saturated carbocycles. The summed E-state index contributed by atoms with van der Waals surface area (Å²) in [5.74, 6) is 2.26. The molecule has 1 N–H and O–H groups in total. The van der Waals surface area contributed by atoms with E-state index in [9.17, 15) is 4.79 Å². The number of aryl methyl sites for hydroxylation is 2. The lowest BCUT2D eigenvalue weighted by atomic mass is 9.99. The van der Waals surface area contributed by atoms with Crippen LogP contribution < -0.4 is 5.32 Å². The van der Waals surface area contributed by atoms with Gasteiger partial charge in [0.2, 0.25) is 5.91 Å². The van der Waals surface area contributed by atoms with Gasteiger partial charge in [-0.3, -0.25) is 4.79 Å². The number of carbonyl (C=O) groups excluding carboxylic acids is 1. The standard InChI is InChI=1S/C19H31NOS/c1-5-7-8-17(6-2)12-20-19(21)14-22-13-18-10-15(3)9-16(4)11-18/h9-11,17H,5-8,12-14H2,1-4H3,(H,20,21). The van der Waals surface area contributed by atoms with Gasteiger partial charge < -0.3 is 5.32 Å². The number of carbonyl (C=O) groups is 1. The molecule has 0 radical (unpaired) electrons. The highest BCUT2D eigenvalue weighted by Crippen LogP contribution is 2.16. The van der Waals surface area contributed by atoms with Gasteiger partial charge in [-0.15, -0.1) is 11.8 Å². The Kier molecular flexibility index (Phi) is 9.30. The van der Waals surface area contributed by atoms with Gasteiger partial charge >= 0.3 is 0 Å². The first kappa shape index (κ1) is 19.1. The van der Waals surface area contributed by atoms with Crippen LogP contribution in [0.5, 0.6) is 0 Å². The third kappa shape index (κ3) is 7.88. The van der Waals surface area contributed by atoms with Gasteiger partial charge in [0.05, 0.1) is 5.75 Å². The monoisotopic (exact) mass is 321 g/mol. The molecule has 0 spiro atoms. The van der Waals surface area contributed by atoms with Gasteiger partial charge in [-0.05, 0) is 31.7 Å². The van der Waals surface area contributed by atoms with Gasteiger partial charge in [-0.25, -0.2) is 0 Å². The molecule has 1 amide bonds. The van der Waals surface area contributed by atoms with Gasteiger partial charge in [-0.1, -0.05) is 62.4 Å². The lowest BCUT2D eigenvalue weighted by molar-refractivity contribution is -0.118. The third-order valence-corrected chi connectivity index (χ3v) is 4.92. The second-order valence-corrected chi connectivity index (χ2v) is 7.19. The molecule has 1 aromatic rings. The van der Waals surface area contributed by atoms with Gasteiger partial charge in [0.1, 0.15) is 0 Å². The van der Waals surface area contributed by atoms with Crippen molar-refractivity contribution in [2.75, 3.05) is 12.3 Å². The van der Waals surface area contributed by atoms with E-state index in [0.29, 0.717) is 11.7 Å². The first-order chi connectivity index (χ1) is 10.5. The molecule has 124 valence electrons. The number of hydrogen-bond donors (Lipinski definition) is 1. The Labute approximate surface area is 140 Å². The first-order valence-electron chi connectivity index (χ1n) is 8.46. The minimum atomic E-state index is 0.171. The minimum absolute atomic E-state index is 0.171. The highest BCUT2D eigenvalue weighted by Gasteiger charge is 2.08. The van der Waals surface area contributed by atoms with Crippen molar-refractivity contribution in [2.45, 2.75) is 59.1 Å². The lowest BCUT2D eigenvalue weighted by Gasteiger charge is -2.15. The maximum absolute atomic E-state index is 11.9. The number of unbranched alkanes of at least 4 members (excludes halogenated alkanes) is 1. The van der Waals surface area contributed by atoms with Crippen LogP contribution in [0.3, 0.4) is 0 Å². The molecule has 1 rings (SSSR count). The maximum atomic E-state index is 11.9. The Bertz CT molecular complexity index is 438. The molecule has 0 bridgehead atoms. The van der Waals surface area contributed by atoms with E-state index in [4.69, 9.17) is 0 Å². The summed E-state index contributed by atoms with van der Waals surface area (Å²) < 4.78 is 0. The molecular weight excluding hydrogens is 290 g/mol. The van der Waals surface area contributed by atoms with Crippen LogP contribution in [0.25, 0.3) is 0 Å². The second-order valence-electron chi connectivity index (χ2n) is 6.21. The van der Waals surface area contributed by atoms with Gasteiger partial charge in [0.25, 0.3) is 0 Å². The fourth-order valence-corrected chi connectivity index (χ4v) is 3.46. The summed E-state index contributed by atoms with van der Waals surface area (Å²) in [6.45, 7) is 9.50. The van der Waals surface area contributed by atoms with Crippen LogP contribution in [-0.2, 0) is 10.5 Å². The molecule has 1 unspecified atom stereocenters. The largest absolute Gasteiger partial charge is 0.355 e. The van der Waals surface area contributed by atoms with E-state index in [1.807, 2.05) is 0 Å². The number of rotatable bonds is 10. The molecule has 1 atom stereocenters. The molecule has 22 heavy (non-hydrogen) atoms. The number of hydrogen-bond acceptors (Lipinski definition) is 2. The summed E-state index contributed by atoms with van der Waals surface area (Å²) in [7, 11) is 0. The molecule has 0 fully saturated rings. The Morgan fingerprint density at radius 2 is 1.86 bits per heavy atom. The SMILES string of the molecule is CCCCC(CC)CNC(=O)CSCc1cc(C)cc(C)c1. The molecule has 0 heterocycles. The molecule has 0 saturated heterocycles. The first-order valence-corrected chi connectivity index (χ1v) is 9.62. The Balaban J connectivity index is 2.25. The predicted octanol–water partition coefficient (Wildman–Crippen LogP) is 4.87. The summed E-state index contributed by atoms with van der Waals surface area (Å²) in [5.41, 5.74) is 3.90. The van der Waals surface area contributed by atoms with E-state index in [1.54, 1.807) is 11.8 Å². The van der Waals surface area contributed by atoms with Crippen molar-refractivity contribution in [3.8, 4) is 0 Å². The fraction of sp³-hybridized carbons (Fsp3) is 0.632. The molecule has 1 aromatic carbocycles. The highest BCUT2D eigenvalue weighted by molar-refractivity contribution is 7.99. The van der Waals surface area contributed by atoms with Crippen LogP contribution in [0, 0.1) is 19.8 Å². The number of amides is 1. The van der Waals surface area contributed by atoms with Crippen LogP contribution in [0.4, 0.5) is 0 Å². The zero-order valence-corrected chi connectivity index (χ0v) is 15.4. The molecule has 0 aliphatic carbocycles. The van der Waals surface area contributed by atoms with Crippen LogP contribution in [0.15, 0.2) is 18.2 Å². The molecule has 2 nitrogen and oxygen atoms in total. The Hall–Kier alpha value is -0.960. The Morgan fingerprint density at radius 1 is 1.18 bits per heavy atom. The molecule has 0 aromatic heterocycles. The van der Waals surface area contributed by atoms with Crippen molar-refractivity contribution < 1.29 is 4.79 Å². The fourth-order valence-electron chi connectivity index (χ4n) is 2.67. The van der Waals surface area contributed by atoms with Gasteiger partial charge in [-0.2, -0.15) is 0 Å². The van der Waals surface area contributed by atoms with E-state index in [0.717, 1.165) is 18.7 Å². The summed E-state index contributed by atoms with van der Waals surface area (Å²) in [6.07, 6.45) is 4.87. The zero-order valence-electron chi connectivity index (χ0n) is 14.6. The summed E-state index contributed by atoms with van der Waals surface area (Å²) in [4.78, 5) is 11.9. The van der Waals surface area contributed by atoms with E-state index < -0.39 is 0 Å². The van der Waals surface area contributed by atoms with Crippen molar-refractivity contribution >= 4 is 17.7 Å². The van der Waals surface area contributed by atoms with E-state index in [-0.39, 0.29) is 5.91 Å². The zero-order chi connectivity index (χ0) is 16.4. The lowest BCUT2D eigenvalue weighted by Crippen LogP contribution is -2.30. The van der Waals surface area contributed by atoms with Crippen molar-refractivity contribution in [3.63, 3.8) is 0 Å². The van der Waals surface area contributed by atoms with E-state index in [1.165, 1.54) is 36.0 Å². The predicted molar refractivity (Wildman–Crippen MR) is 98.4 cm³/mol. The topological polar surface area (TPSA) is 29.1 Å². The molecule has 3 heteroatoms.